The van der Waals surface area contributed by atoms with E-state index >= 15 is 0 Å². The van der Waals surface area contributed by atoms with Gasteiger partial charge in [-0.2, -0.15) is 0 Å². The van der Waals surface area contributed by atoms with Gasteiger partial charge in [-0.3, -0.25) is 0 Å². The molecule has 0 spiro atoms. The van der Waals surface area contributed by atoms with Gasteiger partial charge < -0.3 is 14.2 Å². The van der Waals surface area contributed by atoms with Crippen LogP contribution in [0.25, 0.3) is 0 Å². The highest BCUT2D eigenvalue weighted by Crippen LogP contribution is 2.21. The Morgan fingerprint density at radius 2 is 1.79 bits per heavy atom. The number of hydrogen-bond donors (Lipinski definition) is 0. The van der Waals surface area contributed by atoms with Crippen molar-refractivity contribution in [3.05, 3.63) is 0 Å². The minimum absolute atomic E-state index is 0.0802. The minimum atomic E-state index is -1.23. The summed E-state index contributed by atoms with van der Waals surface area (Å²) in [5.74, 6) is -1.27. The van der Waals surface area contributed by atoms with E-state index in [-0.39, 0.29) is 12.7 Å². The second-order valence-electron chi connectivity index (χ2n) is 4.70. The summed E-state index contributed by atoms with van der Waals surface area (Å²) in [6.45, 7) is 4.17. The number of carbonyl (C=O) groups is 2. The first-order chi connectivity index (χ1) is 9.19. The molecule has 0 aromatic rings. The van der Waals surface area contributed by atoms with Gasteiger partial charge in [-0.25, -0.2) is 9.59 Å². The largest absolute Gasteiger partial charge is 0.464 e. The lowest BCUT2D eigenvalue weighted by Gasteiger charge is -2.24. The number of ether oxygens (including phenoxy) is 3. The summed E-state index contributed by atoms with van der Waals surface area (Å²) in [5.41, 5.74) is 0. The summed E-state index contributed by atoms with van der Waals surface area (Å²) in [4.78, 5) is 23.7. The van der Waals surface area contributed by atoms with Gasteiger partial charge in [0.1, 0.15) is 6.10 Å². The molecule has 1 atom stereocenters. The maximum Gasteiger partial charge on any atom is 0.347 e. The molecule has 0 aliphatic heterocycles. The summed E-state index contributed by atoms with van der Waals surface area (Å²) in [6, 6.07) is 0. The van der Waals surface area contributed by atoms with Crippen molar-refractivity contribution in [2.75, 3.05) is 13.2 Å². The molecule has 1 aliphatic rings. The summed E-state index contributed by atoms with van der Waals surface area (Å²) in [6.07, 6.45) is 4.47. The Morgan fingerprint density at radius 1 is 1.11 bits per heavy atom. The molecule has 1 rings (SSSR count). The van der Waals surface area contributed by atoms with Gasteiger partial charge in [-0.05, 0) is 39.0 Å². The first kappa shape index (κ1) is 16.0. The van der Waals surface area contributed by atoms with Crippen molar-refractivity contribution in [3.63, 3.8) is 0 Å². The molecular weight excluding hydrogens is 248 g/mol. The van der Waals surface area contributed by atoms with Gasteiger partial charge in [0.2, 0.25) is 0 Å². The first-order valence-corrected chi connectivity index (χ1v) is 7.17. The van der Waals surface area contributed by atoms with Crippen molar-refractivity contribution in [2.24, 2.45) is 0 Å². The van der Waals surface area contributed by atoms with E-state index in [4.69, 9.17) is 14.2 Å². The molecule has 1 aliphatic carbocycles. The Kier molecular flexibility index (Phi) is 7.48. The van der Waals surface area contributed by atoms with Crippen LogP contribution in [0.4, 0.5) is 0 Å². The van der Waals surface area contributed by atoms with E-state index in [0.717, 1.165) is 32.1 Å². The lowest BCUT2D eigenvalue weighted by molar-refractivity contribution is -0.177. The Balaban J connectivity index is 2.51. The molecule has 0 bridgehead atoms. The van der Waals surface area contributed by atoms with Gasteiger partial charge in [0.05, 0.1) is 6.61 Å². The lowest BCUT2D eigenvalue weighted by atomic mass is 9.98. The van der Waals surface area contributed by atoms with E-state index < -0.39 is 18.0 Å². The van der Waals surface area contributed by atoms with Crippen LogP contribution in [0.2, 0.25) is 0 Å². The van der Waals surface area contributed by atoms with Crippen LogP contribution in [-0.2, 0) is 23.8 Å². The number of hydrogen-bond acceptors (Lipinski definition) is 5. The fourth-order valence-electron chi connectivity index (χ4n) is 2.10. The summed E-state index contributed by atoms with van der Waals surface area (Å²) < 4.78 is 15.5. The molecule has 5 nitrogen and oxygen atoms in total. The third-order valence-corrected chi connectivity index (χ3v) is 3.04. The maximum absolute atomic E-state index is 12.0. The van der Waals surface area contributed by atoms with Crippen molar-refractivity contribution in [1.82, 2.24) is 0 Å². The lowest BCUT2D eigenvalue weighted by Crippen LogP contribution is -2.38. The standard InChI is InChI=1S/C14H24O5/c1-3-10-18-12(13(15)17-4-2)14(16)19-11-8-6-5-7-9-11/h11-12H,3-10H2,1-2H3. The van der Waals surface area contributed by atoms with Crippen molar-refractivity contribution < 1.29 is 23.8 Å². The predicted molar refractivity (Wildman–Crippen MR) is 69.6 cm³/mol. The molecule has 0 amide bonds. The van der Waals surface area contributed by atoms with Crippen LogP contribution in [-0.4, -0.2) is 37.4 Å². The molecule has 0 aromatic carbocycles. The van der Waals surface area contributed by atoms with Crippen LogP contribution in [0.15, 0.2) is 0 Å². The summed E-state index contributed by atoms with van der Waals surface area (Å²) in [7, 11) is 0. The topological polar surface area (TPSA) is 61.8 Å². The zero-order valence-electron chi connectivity index (χ0n) is 11.9. The first-order valence-electron chi connectivity index (χ1n) is 7.17. The number of esters is 2. The van der Waals surface area contributed by atoms with Crippen LogP contribution >= 0.6 is 0 Å². The molecule has 5 heteroatoms. The van der Waals surface area contributed by atoms with E-state index in [1.54, 1.807) is 6.92 Å². The molecule has 1 fully saturated rings. The van der Waals surface area contributed by atoms with E-state index in [1.807, 2.05) is 6.92 Å². The molecule has 1 unspecified atom stereocenters. The van der Waals surface area contributed by atoms with Gasteiger partial charge in [-0.1, -0.05) is 13.3 Å². The zero-order valence-corrected chi connectivity index (χ0v) is 11.9. The van der Waals surface area contributed by atoms with E-state index in [2.05, 4.69) is 0 Å². The second-order valence-corrected chi connectivity index (χ2v) is 4.70. The van der Waals surface area contributed by atoms with Crippen LogP contribution in [0.3, 0.4) is 0 Å². The molecule has 1 saturated carbocycles. The molecule has 0 radical (unpaired) electrons. The molecule has 19 heavy (non-hydrogen) atoms. The van der Waals surface area contributed by atoms with Gasteiger partial charge in [0.25, 0.3) is 6.10 Å². The zero-order chi connectivity index (χ0) is 14.1. The average molecular weight is 272 g/mol. The molecule has 0 N–H and O–H groups in total. The average Bonchev–Trinajstić information content (AvgIpc) is 2.40. The number of rotatable bonds is 7. The monoisotopic (exact) mass is 272 g/mol. The quantitative estimate of drug-likeness (QED) is 0.525. The molecule has 110 valence electrons. The SMILES string of the molecule is CCCOC(C(=O)OCC)C(=O)OC1CCCCC1. The highest BCUT2D eigenvalue weighted by Gasteiger charge is 2.32. The minimum Gasteiger partial charge on any atom is -0.464 e. The van der Waals surface area contributed by atoms with E-state index in [9.17, 15) is 9.59 Å². The Hall–Kier alpha value is -1.10. The Bertz CT molecular complexity index is 284. The van der Waals surface area contributed by atoms with Gasteiger partial charge in [0.15, 0.2) is 0 Å². The van der Waals surface area contributed by atoms with Crippen molar-refractivity contribution in [1.29, 1.82) is 0 Å². The van der Waals surface area contributed by atoms with E-state index in [0.29, 0.717) is 6.61 Å². The number of carbonyl (C=O) groups excluding carboxylic acids is 2. The summed E-state index contributed by atoms with van der Waals surface area (Å²) in [5, 5.41) is 0. The molecule has 0 saturated heterocycles. The fraction of sp³-hybridized carbons (Fsp3) is 0.857. The van der Waals surface area contributed by atoms with Gasteiger partial charge in [-0.15, -0.1) is 0 Å². The van der Waals surface area contributed by atoms with Crippen molar-refractivity contribution >= 4 is 11.9 Å². The van der Waals surface area contributed by atoms with Crippen LogP contribution < -0.4 is 0 Å². The van der Waals surface area contributed by atoms with E-state index in [1.165, 1.54) is 6.42 Å². The van der Waals surface area contributed by atoms with Gasteiger partial charge >= 0.3 is 11.9 Å². The highest BCUT2D eigenvalue weighted by atomic mass is 16.6. The normalized spacial score (nSPS) is 17.8. The Morgan fingerprint density at radius 3 is 2.37 bits per heavy atom. The van der Waals surface area contributed by atoms with Crippen LogP contribution in [0, 0.1) is 0 Å². The smallest absolute Gasteiger partial charge is 0.347 e. The second kappa shape index (κ2) is 8.91. The van der Waals surface area contributed by atoms with Crippen LogP contribution in [0.5, 0.6) is 0 Å². The van der Waals surface area contributed by atoms with Crippen molar-refractivity contribution in [2.45, 2.75) is 64.6 Å². The van der Waals surface area contributed by atoms with Gasteiger partial charge in [0, 0.05) is 6.61 Å². The highest BCUT2D eigenvalue weighted by molar-refractivity contribution is 5.98. The molecule has 0 aromatic heterocycles. The third-order valence-electron chi connectivity index (χ3n) is 3.04. The third kappa shape index (κ3) is 5.59. The fourth-order valence-corrected chi connectivity index (χ4v) is 2.10. The van der Waals surface area contributed by atoms with Crippen LogP contribution in [0.1, 0.15) is 52.4 Å². The summed E-state index contributed by atoms with van der Waals surface area (Å²) >= 11 is 0. The maximum atomic E-state index is 12.0. The van der Waals surface area contributed by atoms with Crippen molar-refractivity contribution in [3.8, 4) is 0 Å². The predicted octanol–water partition coefficient (Wildman–Crippen LogP) is 2.22. The molecule has 0 heterocycles. The Labute approximate surface area is 114 Å². The molecular formula is C14H24O5.